The normalized spacial score (nSPS) is 10.6. The monoisotopic (exact) mass is 214 g/mol. The van der Waals surface area contributed by atoms with Gasteiger partial charge in [0.05, 0.1) is 6.61 Å². The highest BCUT2D eigenvalue weighted by molar-refractivity contribution is 6.31. The van der Waals surface area contributed by atoms with Crippen molar-refractivity contribution in [2.45, 2.75) is 20.4 Å². The van der Waals surface area contributed by atoms with Crippen LogP contribution >= 0.6 is 11.6 Å². The Morgan fingerprint density at radius 3 is 2.79 bits per heavy atom. The number of ether oxygens (including phenoxy) is 1. The van der Waals surface area contributed by atoms with Gasteiger partial charge in [-0.2, -0.15) is 0 Å². The molecule has 0 saturated heterocycles. The highest BCUT2D eigenvalue weighted by Crippen LogP contribution is 2.22. The van der Waals surface area contributed by atoms with E-state index in [9.17, 15) is 0 Å². The fourth-order valence-corrected chi connectivity index (χ4v) is 1.17. The van der Waals surface area contributed by atoms with E-state index in [1.54, 1.807) is 12.3 Å². The molecule has 0 saturated carbocycles. The Kier molecular flexibility index (Phi) is 4.17. The highest BCUT2D eigenvalue weighted by atomic mass is 35.5. The predicted octanol–water partition coefficient (Wildman–Crippen LogP) is 2.23. The Labute approximate surface area is 89.2 Å². The van der Waals surface area contributed by atoms with Crippen molar-refractivity contribution >= 4 is 11.6 Å². The van der Waals surface area contributed by atoms with Crippen molar-refractivity contribution < 1.29 is 4.74 Å². The first kappa shape index (κ1) is 11.3. The third-order valence-electron chi connectivity index (χ3n) is 1.65. The molecule has 78 valence electrons. The summed E-state index contributed by atoms with van der Waals surface area (Å²) in [4.78, 5) is 4.09. The number of aromatic nitrogens is 1. The minimum Gasteiger partial charge on any atom is -0.476 e. The molecule has 0 bridgehead atoms. The van der Waals surface area contributed by atoms with E-state index in [1.165, 1.54) is 0 Å². The number of halogens is 1. The van der Waals surface area contributed by atoms with Crippen molar-refractivity contribution in [1.82, 2.24) is 4.98 Å². The number of hydrogen-bond donors (Lipinski definition) is 1. The van der Waals surface area contributed by atoms with Crippen molar-refractivity contribution in [1.29, 1.82) is 0 Å². The average molecular weight is 215 g/mol. The Hall–Kier alpha value is -0.800. The molecule has 0 radical (unpaired) electrons. The van der Waals surface area contributed by atoms with Crippen LogP contribution in [0.4, 0.5) is 0 Å². The second kappa shape index (κ2) is 5.17. The molecule has 0 unspecified atom stereocenters. The highest BCUT2D eigenvalue weighted by Gasteiger charge is 2.05. The summed E-state index contributed by atoms with van der Waals surface area (Å²) in [6.07, 6.45) is 1.68. The quantitative estimate of drug-likeness (QED) is 0.836. The zero-order valence-electron chi connectivity index (χ0n) is 8.46. The molecule has 4 heteroatoms. The molecule has 0 amide bonds. The SMILES string of the molecule is CC(C)COc1ncc(CN)cc1Cl. The topological polar surface area (TPSA) is 48.1 Å². The lowest BCUT2D eigenvalue weighted by molar-refractivity contribution is 0.261. The second-order valence-corrected chi connectivity index (χ2v) is 3.95. The van der Waals surface area contributed by atoms with Crippen LogP contribution in [0.25, 0.3) is 0 Å². The molecular weight excluding hydrogens is 200 g/mol. The van der Waals surface area contributed by atoms with Gasteiger partial charge in [-0.25, -0.2) is 4.98 Å². The smallest absolute Gasteiger partial charge is 0.232 e. The summed E-state index contributed by atoms with van der Waals surface area (Å²) in [6, 6.07) is 1.78. The van der Waals surface area contributed by atoms with Crippen LogP contribution in [0.15, 0.2) is 12.3 Å². The Morgan fingerprint density at radius 2 is 2.29 bits per heavy atom. The Balaban J connectivity index is 2.69. The van der Waals surface area contributed by atoms with Crippen LogP contribution in [0.2, 0.25) is 5.02 Å². The van der Waals surface area contributed by atoms with Crippen LogP contribution in [0, 0.1) is 5.92 Å². The van der Waals surface area contributed by atoms with E-state index in [0.717, 1.165) is 5.56 Å². The van der Waals surface area contributed by atoms with Gasteiger partial charge in [-0.15, -0.1) is 0 Å². The summed E-state index contributed by atoms with van der Waals surface area (Å²) < 4.78 is 5.41. The lowest BCUT2D eigenvalue weighted by Crippen LogP contribution is -2.06. The fraction of sp³-hybridized carbons (Fsp3) is 0.500. The molecule has 1 rings (SSSR count). The summed E-state index contributed by atoms with van der Waals surface area (Å²) in [5.74, 6) is 0.944. The van der Waals surface area contributed by atoms with Crippen molar-refractivity contribution in [2.75, 3.05) is 6.61 Å². The van der Waals surface area contributed by atoms with E-state index in [0.29, 0.717) is 30.0 Å². The Morgan fingerprint density at radius 1 is 1.57 bits per heavy atom. The van der Waals surface area contributed by atoms with Gasteiger partial charge in [-0.1, -0.05) is 25.4 Å². The van der Waals surface area contributed by atoms with Crippen molar-refractivity contribution in [2.24, 2.45) is 11.7 Å². The summed E-state index contributed by atoms with van der Waals surface area (Å²) >= 11 is 5.95. The van der Waals surface area contributed by atoms with Gasteiger partial charge in [-0.05, 0) is 17.5 Å². The molecule has 0 atom stereocenters. The first-order chi connectivity index (χ1) is 6.63. The van der Waals surface area contributed by atoms with Crippen LogP contribution in [0.5, 0.6) is 5.88 Å². The summed E-state index contributed by atoms with van der Waals surface area (Å²) in [5.41, 5.74) is 6.36. The van der Waals surface area contributed by atoms with Crippen molar-refractivity contribution in [3.63, 3.8) is 0 Å². The number of nitrogens with two attached hydrogens (primary N) is 1. The largest absolute Gasteiger partial charge is 0.476 e. The van der Waals surface area contributed by atoms with E-state index < -0.39 is 0 Å². The lowest BCUT2D eigenvalue weighted by atomic mass is 10.2. The molecule has 0 spiro atoms. The van der Waals surface area contributed by atoms with Gasteiger partial charge in [0.1, 0.15) is 5.02 Å². The summed E-state index contributed by atoms with van der Waals surface area (Å²) in [7, 11) is 0. The molecule has 2 N–H and O–H groups in total. The summed E-state index contributed by atoms with van der Waals surface area (Å²) in [5, 5.41) is 0.522. The van der Waals surface area contributed by atoms with Gasteiger partial charge in [0.15, 0.2) is 0 Å². The zero-order valence-corrected chi connectivity index (χ0v) is 9.21. The van der Waals surface area contributed by atoms with Gasteiger partial charge in [-0.3, -0.25) is 0 Å². The van der Waals surface area contributed by atoms with E-state index in [4.69, 9.17) is 22.1 Å². The number of pyridine rings is 1. The first-order valence-corrected chi connectivity index (χ1v) is 4.98. The van der Waals surface area contributed by atoms with Gasteiger partial charge < -0.3 is 10.5 Å². The average Bonchev–Trinajstić information content (AvgIpc) is 2.15. The molecule has 3 nitrogen and oxygen atoms in total. The van der Waals surface area contributed by atoms with E-state index in [-0.39, 0.29) is 0 Å². The third-order valence-corrected chi connectivity index (χ3v) is 1.92. The Bertz CT molecular complexity index is 302. The van der Waals surface area contributed by atoms with Crippen molar-refractivity contribution in [3.8, 4) is 5.88 Å². The maximum absolute atomic E-state index is 5.95. The van der Waals surface area contributed by atoms with Gasteiger partial charge >= 0.3 is 0 Å². The van der Waals surface area contributed by atoms with Crippen molar-refractivity contribution in [3.05, 3.63) is 22.8 Å². The van der Waals surface area contributed by atoms with Gasteiger partial charge in [0, 0.05) is 12.7 Å². The molecule has 1 aromatic heterocycles. The zero-order chi connectivity index (χ0) is 10.6. The molecular formula is C10H15ClN2O. The van der Waals surface area contributed by atoms with E-state index in [2.05, 4.69) is 18.8 Å². The molecule has 0 aliphatic rings. The molecule has 0 aliphatic heterocycles. The maximum atomic E-state index is 5.95. The lowest BCUT2D eigenvalue weighted by Gasteiger charge is -2.09. The van der Waals surface area contributed by atoms with Crippen LogP contribution in [-0.2, 0) is 6.54 Å². The minimum absolute atomic E-state index is 0.442. The first-order valence-electron chi connectivity index (χ1n) is 4.60. The maximum Gasteiger partial charge on any atom is 0.232 e. The van der Waals surface area contributed by atoms with Gasteiger partial charge in [0.2, 0.25) is 5.88 Å². The summed E-state index contributed by atoms with van der Waals surface area (Å²) in [6.45, 7) is 5.20. The number of nitrogens with zero attached hydrogens (tertiary/aromatic N) is 1. The number of rotatable bonds is 4. The standard InChI is InChI=1S/C10H15ClN2O/c1-7(2)6-14-10-9(11)3-8(4-12)5-13-10/h3,5,7H,4,6,12H2,1-2H3. The predicted molar refractivity (Wildman–Crippen MR) is 57.5 cm³/mol. The number of hydrogen-bond acceptors (Lipinski definition) is 3. The fourth-order valence-electron chi connectivity index (χ4n) is 0.928. The minimum atomic E-state index is 0.442. The molecule has 0 aromatic carbocycles. The molecule has 14 heavy (non-hydrogen) atoms. The van der Waals surface area contributed by atoms with Gasteiger partial charge in [0.25, 0.3) is 0 Å². The van der Waals surface area contributed by atoms with E-state index >= 15 is 0 Å². The second-order valence-electron chi connectivity index (χ2n) is 3.54. The molecule has 0 fully saturated rings. The van der Waals surface area contributed by atoms with E-state index in [1.807, 2.05) is 0 Å². The van der Waals surface area contributed by atoms with Crippen LogP contribution < -0.4 is 10.5 Å². The molecule has 1 aromatic rings. The third kappa shape index (κ3) is 3.16. The van der Waals surface area contributed by atoms with Crippen LogP contribution in [0.1, 0.15) is 19.4 Å². The molecule has 1 heterocycles. The van der Waals surface area contributed by atoms with Crippen LogP contribution in [-0.4, -0.2) is 11.6 Å². The van der Waals surface area contributed by atoms with Crippen LogP contribution in [0.3, 0.4) is 0 Å². The molecule has 0 aliphatic carbocycles.